The van der Waals surface area contributed by atoms with Crippen LogP contribution in [0.25, 0.3) is 0 Å². The lowest BCUT2D eigenvalue weighted by Crippen LogP contribution is -2.29. The minimum absolute atomic E-state index is 0.00417. The highest BCUT2D eigenvalue weighted by Gasteiger charge is 2.28. The number of aromatic nitrogens is 1. The van der Waals surface area contributed by atoms with Crippen LogP contribution < -0.4 is 5.32 Å². The number of rotatable bonds is 1. The number of nitrogens with zero attached hydrogens (tertiary/aromatic N) is 2. The number of hydrogen-bond acceptors (Lipinski definition) is 5. The van der Waals surface area contributed by atoms with Gasteiger partial charge in [0.15, 0.2) is 0 Å². The van der Waals surface area contributed by atoms with E-state index >= 15 is 0 Å². The van der Waals surface area contributed by atoms with Crippen LogP contribution in [0.1, 0.15) is 13.8 Å². The Bertz CT molecular complexity index is 608. The van der Waals surface area contributed by atoms with Gasteiger partial charge >= 0.3 is 0 Å². The number of hydrogen-bond donors (Lipinski definition) is 1. The summed E-state index contributed by atoms with van der Waals surface area (Å²) in [5.41, 5.74) is 0.360. The third-order valence-corrected chi connectivity index (χ3v) is 4.98. The molecule has 1 aromatic heterocycles. The fraction of sp³-hybridized carbons (Fsp3) is 0.333. The van der Waals surface area contributed by atoms with Gasteiger partial charge in [0, 0.05) is 17.6 Å². The predicted octanol–water partition coefficient (Wildman–Crippen LogP) is 0.709. The summed E-state index contributed by atoms with van der Waals surface area (Å²) in [5.74, 6) is 0. The second-order valence-corrected chi connectivity index (χ2v) is 7.21. The summed E-state index contributed by atoms with van der Waals surface area (Å²) in [4.78, 5) is 3.74. The van der Waals surface area contributed by atoms with Crippen molar-refractivity contribution in [3.05, 3.63) is 18.5 Å². The first kappa shape index (κ1) is 12.2. The predicted molar refractivity (Wildman–Crippen MR) is 65.8 cm³/mol. The monoisotopic (exact) mass is 273 g/mol. The molecule has 1 unspecified atom stereocenters. The molecule has 0 radical (unpaired) electrons. The third kappa shape index (κ3) is 2.22. The molecule has 1 aromatic rings. The molecule has 2 heterocycles. The Morgan fingerprint density at radius 1 is 1.41 bits per heavy atom. The maximum atomic E-state index is 11.8. The fourth-order valence-electron chi connectivity index (χ4n) is 1.30. The second-order valence-electron chi connectivity index (χ2n) is 3.71. The third-order valence-electron chi connectivity index (χ3n) is 2.13. The quantitative estimate of drug-likeness (QED) is 0.814. The highest BCUT2D eigenvalue weighted by atomic mass is 32.2. The first-order valence-corrected chi connectivity index (χ1v) is 7.53. The normalized spacial score (nSPS) is 19.1. The molecule has 2 rings (SSSR count). The molecule has 0 amide bonds. The first-order valence-electron chi connectivity index (χ1n) is 4.88. The Hall–Kier alpha value is -1.28. The second kappa shape index (κ2) is 4.19. The van der Waals surface area contributed by atoms with Gasteiger partial charge in [-0.05, 0) is 6.07 Å². The number of fused-ring (bicyclic) bond motifs is 1. The molecule has 1 aliphatic rings. The van der Waals surface area contributed by atoms with E-state index in [1.165, 1.54) is 18.5 Å². The molecule has 0 saturated carbocycles. The maximum Gasteiger partial charge on any atom is 0.288 e. The standard InChI is InChI=1S/C9H11N3O3S2/c1-6(2)16(13)9-11-7-3-4-10-5-8(7)17(14,15)12-9/h3-6H,1-2H3,(H,11,12). The van der Waals surface area contributed by atoms with Crippen molar-refractivity contribution in [2.75, 3.05) is 5.32 Å². The Morgan fingerprint density at radius 3 is 2.76 bits per heavy atom. The van der Waals surface area contributed by atoms with Crippen LogP contribution in [-0.4, -0.2) is 28.0 Å². The Kier molecular flexibility index (Phi) is 3.00. The van der Waals surface area contributed by atoms with Crippen molar-refractivity contribution in [2.45, 2.75) is 24.0 Å². The molecule has 92 valence electrons. The van der Waals surface area contributed by atoms with Gasteiger partial charge in [0.1, 0.15) is 4.90 Å². The molecule has 1 atom stereocenters. The van der Waals surface area contributed by atoms with Crippen molar-refractivity contribution < 1.29 is 12.6 Å². The molecule has 0 aliphatic carbocycles. The van der Waals surface area contributed by atoms with Crippen molar-refractivity contribution in [1.29, 1.82) is 0 Å². The lowest BCUT2D eigenvalue weighted by molar-refractivity contribution is 0.597. The van der Waals surface area contributed by atoms with Crippen LogP contribution in [-0.2, 0) is 20.8 Å². The van der Waals surface area contributed by atoms with E-state index in [1.54, 1.807) is 13.8 Å². The van der Waals surface area contributed by atoms with Crippen LogP contribution in [0.3, 0.4) is 0 Å². The van der Waals surface area contributed by atoms with Gasteiger partial charge < -0.3 is 5.32 Å². The maximum absolute atomic E-state index is 11.8. The molecule has 0 spiro atoms. The van der Waals surface area contributed by atoms with Gasteiger partial charge in [-0.3, -0.25) is 9.19 Å². The van der Waals surface area contributed by atoms with E-state index in [0.717, 1.165) is 0 Å². The van der Waals surface area contributed by atoms with Crippen LogP contribution in [0, 0.1) is 0 Å². The molecule has 1 aliphatic heterocycles. The van der Waals surface area contributed by atoms with Crippen molar-refractivity contribution in [2.24, 2.45) is 4.40 Å². The van der Waals surface area contributed by atoms with Crippen LogP contribution in [0.5, 0.6) is 0 Å². The van der Waals surface area contributed by atoms with Crippen molar-refractivity contribution in [3.63, 3.8) is 0 Å². The average Bonchev–Trinajstić information content (AvgIpc) is 2.27. The van der Waals surface area contributed by atoms with E-state index in [2.05, 4.69) is 14.7 Å². The van der Waals surface area contributed by atoms with E-state index in [0.29, 0.717) is 5.69 Å². The fourth-order valence-corrected chi connectivity index (χ4v) is 3.49. The zero-order valence-corrected chi connectivity index (χ0v) is 10.9. The van der Waals surface area contributed by atoms with E-state index in [9.17, 15) is 12.6 Å². The summed E-state index contributed by atoms with van der Waals surface area (Å²) < 4.78 is 39.0. The van der Waals surface area contributed by atoms with E-state index < -0.39 is 20.8 Å². The van der Waals surface area contributed by atoms with Gasteiger partial charge in [-0.1, -0.05) is 13.8 Å². The van der Waals surface area contributed by atoms with E-state index in [1.807, 2.05) is 0 Å². The molecule has 0 bridgehead atoms. The molecule has 17 heavy (non-hydrogen) atoms. The van der Waals surface area contributed by atoms with Crippen molar-refractivity contribution in [3.8, 4) is 0 Å². The average molecular weight is 273 g/mol. The molecular formula is C9H11N3O3S2. The van der Waals surface area contributed by atoms with Crippen molar-refractivity contribution in [1.82, 2.24) is 4.98 Å². The topological polar surface area (TPSA) is 88.5 Å². The lowest BCUT2D eigenvalue weighted by Gasteiger charge is -2.17. The summed E-state index contributed by atoms with van der Waals surface area (Å²) in [7, 11) is -5.27. The van der Waals surface area contributed by atoms with Gasteiger partial charge in [-0.15, -0.1) is 4.40 Å². The summed E-state index contributed by atoms with van der Waals surface area (Å²) in [6, 6.07) is 1.51. The Labute approximate surface area is 102 Å². The van der Waals surface area contributed by atoms with E-state index in [4.69, 9.17) is 0 Å². The van der Waals surface area contributed by atoms with Gasteiger partial charge in [-0.2, -0.15) is 8.42 Å². The Balaban J connectivity index is 2.53. The van der Waals surface area contributed by atoms with Crippen LogP contribution in [0.2, 0.25) is 0 Å². The number of sulfonamides is 1. The highest BCUT2D eigenvalue weighted by molar-refractivity contribution is 8.03. The Morgan fingerprint density at radius 2 is 2.12 bits per heavy atom. The van der Waals surface area contributed by atoms with Crippen LogP contribution in [0.15, 0.2) is 27.8 Å². The number of anilines is 1. The minimum Gasteiger partial charge on any atom is -0.331 e. The van der Waals surface area contributed by atoms with Gasteiger partial charge in [0.05, 0.1) is 16.5 Å². The highest BCUT2D eigenvalue weighted by Crippen LogP contribution is 2.26. The largest absolute Gasteiger partial charge is 0.331 e. The smallest absolute Gasteiger partial charge is 0.288 e. The van der Waals surface area contributed by atoms with Gasteiger partial charge in [-0.25, -0.2) is 0 Å². The SMILES string of the molecule is CC(C)S(=O)C1=NS(=O)(=O)c2cnccc2N1. The zero-order chi connectivity index (χ0) is 12.6. The first-order chi connectivity index (χ1) is 7.92. The number of pyridine rings is 1. The number of amidine groups is 1. The minimum atomic E-state index is -3.80. The molecule has 0 saturated heterocycles. The molecule has 6 nitrogen and oxygen atoms in total. The van der Waals surface area contributed by atoms with Crippen molar-refractivity contribution >= 4 is 31.7 Å². The summed E-state index contributed by atoms with van der Waals surface area (Å²) >= 11 is 0. The molecule has 8 heteroatoms. The molecule has 0 fully saturated rings. The van der Waals surface area contributed by atoms with Crippen LogP contribution >= 0.6 is 0 Å². The molecule has 1 N–H and O–H groups in total. The van der Waals surface area contributed by atoms with Gasteiger partial charge in [0.25, 0.3) is 10.0 Å². The van der Waals surface area contributed by atoms with E-state index in [-0.39, 0.29) is 15.3 Å². The number of nitrogens with one attached hydrogen (secondary N) is 1. The lowest BCUT2D eigenvalue weighted by atomic mass is 10.4. The summed E-state index contributed by atoms with van der Waals surface area (Å²) in [5, 5.41) is 2.53. The zero-order valence-electron chi connectivity index (χ0n) is 9.25. The van der Waals surface area contributed by atoms with Crippen LogP contribution in [0.4, 0.5) is 5.69 Å². The summed E-state index contributed by atoms with van der Waals surface area (Å²) in [6.07, 6.45) is 2.68. The molecular weight excluding hydrogens is 262 g/mol. The summed E-state index contributed by atoms with van der Waals surface area (Å²) in [6.45, 7) is 3.46. The molecule has 0 aromatic carbocycles. The van der Waals surface area contributed by atoms with Gasteiger partial charge in [0.2, 0.25) is 5.17 Å².